The maximum absolute atomic E-state index is 10.3. The fourth-order valence-electron chi connectivity index (χ4n) is 2.97. The Bertz CT molecular complexity index is 1230. The number of rotatable bonds is 4. The molecule has 0 atom stereocenters. The van der Waals surface area contributed by atoms with Gasteiger partial charge < -0.3 is 5.11 Å². The molecule has 0 aliphatic rings. The number of benzene rings is 4. The van der Waals surface area contributed by atoms with Crippen LogP contribution in [0.25, 0.3) is 10.8 Å². The Morgan fingerprint density at radius 3 is 2.17 bits per heavy atom. The summed E-state index contributed by atoms with van der Waals surface area (Å²) < 4.78 is 0. The molecule has 0 aliphatic carbocycles. The van der Waals surface area contributed by atoms with Gasteiger partial charge in [-0.05, 0) is 55.1 Å². The molecule has 0 bridgehead atoms. The van der Waals surface area contributed by atoms with Gasteiger partial charge in [0.15, 0.2) is 0 Å². The third kappa shape index (κ3) is 4.19. The molecule has 0 saturated heterocycles. The molecule has 0 radical (unpaired) electrons. The van der Waals surface area contributed by atoms with Crippen LogP contribution in [0, 0.1) is 13.8 Å². The van der Waals surface area contributed by atoms with Crippen molar-refractivity contribution in [2.45, 2.75) is 13.8 Å². The number of aryl methyl sites for hydroxylation is 2. The molecule has 4 aromatic carbocycles. The number of phenolic OH excluding ortho intramolecular Hbond substituents is 1. The summed E-state index contributed by atoms with van der Waals surface area (Å²) in [5.41, 5.74) is 4.63. The van der Waals surface area contributed by atoms with Crippen molar-refractivity contribution < 1.29 is 5.11 Å². The molecule has 0 amide bonds. The van der Waals surface area contributed by atoms with Crippen molar-refractivity contribution in [2.75, 3.05) is 0 Å². The fraction of sp³-hybridized carbons (Fsp3) is 0.0833. The lowest BCUT2D eigenvalue weighted by Crippen LogP contribution is -1.76. The maximum atomic E-state index is 10.3. The molecule has 5 nitrogen and oxygen atoms in total. The highest BCUT2D eigenvalue weighted by Crippen LogP contribution is 2.38. The predicted molar refractivity (Wildman–Crippen MR) is 116 cm³/mol. The summed E-state index contributed by atoms with van der Waals surface area (Å²) in [6.45, 7) is 4.02. The number of fused-ring (bicyclic) bond motifs is 1. The first-order chi connectivity index (χ1) is 14.1. The van der Waals surface area contributed by atoms with Crippen molar-refractivity contribution in [2.24, 2.45) is 20.5 Å². The van der Waals surface area contributed by atoms with E-state index in [2.05, 4.69) is 20.5 Å². The quantitative estimate of drug-likeness (QED) is 0.358. The van der Waals surface area contributed by atoms with E-state index in [0.29, 0.717) is 17.1 Å². The second-order valence-corrected chi connectivity index (χ2v) is 6.88. The standard InChI is InChI=1S/C24H20N4O/c1-16-7-11-19(12-8-16)25-27-22-15-17(2)9-13-21(22)26-28-24-20-6-4-3-5-18(20)10-14-23(24)29/h3-15,29H,1-2H3. The summed E-state index contributed by atoms with van der Waals surface area (Å²) in [6.07, 6.45) is 0. The van der Waals surface area contributed by atoms with E-state index in [-0.39, 0.29) is 5.75 Å². The van der Waals surface area contributed by atoms with E-state index < -0.39 is 0 Å². The zero-order valence-corrected chi connectivity index (χ0v) is 16.2. The van der Waals surface area contributed by atoms with Gasteiger partial charge in [0.25, 0.3) is 0 Å². The Balaban J connectivity index is 1.71. The van der Waals surface area contributed by atoms with Gasteiger partial charge in [-0.25, -0.2) is 0 Å². The predicted octanol–water partition coefficient (Wildman–Crippen LogP) is 7.99. The molecule has 0 spiro atoms. The lowest BCUT2D eigenvalue weighted by Gasteiger charge is -2.04. The van der Waals surface area contributed by atoms with Crippen molar-refractivity contribution in [3.8, 4) is 5.75 Å². The average Bonchev–Trinajstić information content (AvgIpc) is 2.73. The highest BCUT2D eigenvalue weighted by molar-refractivity contribution is 5.95. The van der Waals surface area contributed by atoms with Crippen molar-refractivity contribution in [1.82, 2.24) is 0 Å². The molecule has 0 aromatic heterocycles. The van der Waals surface area contributed by atoms with Gasteiger partial charge in [0, 0.05) is 5.39 Å². The third-order valence-corrected chi connectivity index (χ3v) is 4.58. The van der Waals surface area contributed by atoms with Crippen LogP contribution in [0.4, 0.5) is 22.7 Å². The number of aromatic hydroxyl groups is 1. The van der Waals surface area contributed by atoms with E-state index in [9.17, 15) is 5.11 Å². The maximum Gasteiger partial charge on any atom is 0.143 e. The minimum absolute atomic E-state index is 0.0855. The zero-order valence-electron chi connectivity index (χ0n) is 16.2. The smallest absolute Gasteiger partial charge is 0.143 e. The van der Waals surface area contributed by atoms with Gasteiger partial charge in [-0.1, -0.05) is 54.1 Å². The van der Waals surface area contributed by atoms with Crippen LogP contribution >= 0.6 is 0 Å². The minimum atomic E-state index is 0.0855. The van der Waals surface area contributed by atoms with E-state index in [1.54, 1.807) is 6.07 Å². The molecular formula is C24H20N4O. The number of nitrogens with zero attached hydrogens (tertiary/aromatic N) is 4. The summed E-state index contributed by atoms with van der Waals surface area (Å²) in [7, 11) is 0. The second-order valence-electron chi connectivity index (χ2n) is 6.88. The number of hydrogen-bond donors (Lipinski definition) is 1. The topological polar surface area (TPSA) is 69.7 Å². The molecular weight excluding hydrogens is 360 g/mol. The van der Waals surface area contributed by atoms with Gasteiger partial charge in [-0.2, -0.15) is 5.11 Å². The molecule has 142 valence electrons. The van der Waals surface area contributed by atoms with Gasteiger partial charge in [0.2, 0.25) is 0 Å². The Morgan fingerprint density at radius 2 is 1.34 bits per heavy atom. The molecule has 1 N–H and O–H groups in total. The fourth-order valence-corrected chi connectivity index (χ4v) is 2.97. The Morgan fingerprint density at radius 1 is 0.621 bits per heavy atom. The van der Waals surface area contributed by atoms with Crippen LogP contribution in [0.3, 0.4) is 0 Å². The molecule has 0 aliphatic heterocycles. The first-order valence-electron chi connectivity index (χ1n) is 9.32. The lowest BCUT2D eigenvalue weighted by molar-refractivity contribution is 0.477. The van der Waals surface area contributed by atoms with Crippen LogP contribution in [0.15, 0.2) is 99.3 Å². The molecule has 0 saturated carbocycles. The second kappa shape index (κ2) is 8.02. The average molecular weight is 380 g/mol. The monoisotopic (exact) mass is 380 g/mol. The summed E-state index contributed by atoms with van der Waals surface area (Å²) in [6, 6.07) is 24.8. The number of phenols is 1. The summed E-state index contributed by atoms with van der Waals surface area (Å²) in [5.74, 6) is 0.0855. The lowest BCUT2D eigenvalue weighted by atomic mass is 10.1. The first kappa shape index (κ1) is 18.5. The third-order valence-electron chi connectivity index (χ3n) is 4.58. The SMILES string of the molecule is Cc1ccc(N=Nc2cc(C)ccc2N=Nc2c(O)ccc3ccccc23)cc1. The van der Waals surface area contributed by atoms with Gasteiger partial charge in [-0.3, -0.25) is 0 Å². The Kier molecular flexibility index (Phi) is 5.12. The molecule has 4 aromatic rings. The van der Waals surface area contributed by atoms with Crippen LogP contribution in [0.5, 0.6) is 5.75 Å². The summed E-state index contributed by atoms with van der Waals surface area (Å²) >= 11 is 0. The molecule has 0 heterocycles. The molecule has 0 unspecified atom stereocenters. The van der Waals surface area contributed by atoms with Crippen LogP contribution in [-0.4, -0.2) is 5.11 Å². The van der Waals surface area contributed by atoms with E-state index in [0.717, 1.165) is 22.0 Å². The van der Waals surface area contributed by atoms with Crippen molar-refractivity contribution in [3.05, 3.63) is 90.0 Å². The molecule has 0 fully saturated rings. The molecule has 5 heteroatoms. The molecule has 29 heavy (non-hydrogen) atoms. The summed E-state index contributed by atoms with van der Waals surface area (Å²) in [5, 5.41) is 29.5. The number of hydrogen-bond acceptors (Lipinski definition) is 5. The summed E-state index contributed by atoms with van der Waals surface area (Å²) in [4.78, 5) is 0. The van der Waals surface area contributed by atoms with Crippen molar-refractivity contribution in [3.63, 3.8) is 0 Å². The normalized spacial score (nSPS) is 11.7. The largest absolute Gasteiger partial charge is 0.506 e. The van der Waals surface area contributed by atoms with E-state index in [1.165, 1.54) is 5.56 Å². The van der Waals surface area contributed by atoms with Gasteiger partial charge in [-0.15, -0.1) is 15.3 Å². The van der Waals surface area contributed by atoms with Gasteiger partial charge >= 0.3 is 0 Å². The van der Waals surface area contributed by atoms with Crippen LogP contribution in [-0.2, 0) is 0 Å². The van der Waals surface area contributed by atoms with Crippen molar-refractivity contribution >= 4 is 33.5 Å². The Hall–Kier alpha value is -3.86. The van der Waals surface area contributed by atoms with Crippen LogP contribution in [0.2, 0.25) is 0 Å². The van der Waals surface area contributed by atoms with Crippen LogP contribution < -0.4 is 0 Å². The Labute approximate surface area is 169 Å². The van der Waals surface area contributed by atoms with Crippen LogP contribution in [0.1, 0.15) is 11.1 Å². The van der Waals surface area contributed by atoms with E-state index in [1.807, 2.05) is 86.6 Å². The minimum Gasteiger partial charge on any atom is -0.506 e. The van der Waals surface area contributed by atoms with Crippen molar-refractivity contribution in [1.29, 1.82) is 0 Å². The van der Waals surface area contributed by atoms with E-state index in [4.69, 9.17) is 0 Å². The first-order valence-corrected chi connectivity index (χ1v) is 9.32. The highest BCUT2D eigenvalue weighted by Gasteiger charge is 2.07. The number of azo groups is 2. The van der Waals surface area contributed by atoms with Gasteiger partial charge in [0.05, 0.1) is 5.69 Å². The zero-order chi connectivity index (χ0) is 20.2. The molecule has 4 rings (SSSR count). The highest BCUT2D eigenvalue weighted by atomic mass is 16.3. The van der Waals surface area contributed by atoms with Gasteiger partial charge in [0.1, 0.15) is 22.8 Å². The van der Waals surface area contributed by atoms with E-state index >= 15 is 0 Å².